The van der Waals surface area contributed by atoms with E-state index in [-0.39, 0.29) is 17.9 Å². The Bertz CT molecular complexity index is 357. The fourth-order valence-electron chi connectivity index (χ4n) is 1.93. The van der Waals surface area contributed by atoms with Gasteiger partial charge >= 0.3 is 0 Å². The first-order valence-electron chi connectivity index (χ1n) is 5.85. The second-order valence-electron chi connectivity index (χ2n) is 5.61. The summed E-state index contributed by atoms with van der Waals surface area (Å²) in [6, 6.07) is 0.331. The molecule has 0 unspecified atom stereocenters. The van der Waals surface area contributed by atoms with Crippen LogP contribution in [0.3, 0.4) is 0 Å². The van der Waals surface area contributed by atoms with Crippen molar-refractivity contribution in [2.24, 2.45) is 5.73 Å². The summed E-state index contributed by atoms with van der Waals surface area (Å²) < 4.78 is 1.92. The third kappa shape index (κ3) is 3.66. The van der Waals surface area contributed by atoms with Crippen molar-refractivity contribution in [1.29, 1.82) is 0 Å². The molecule has 1 aromatic rings. The highest BCUT2D eigenvalue weighted by atomic mass is 35.5. The predicted molar refractivity (Wildman–Crippen MR) is 70.1 cm³/mol. The summed E-state index contributed by atoms with van der Waals surface area (Å²) in [7, 11) is 0. The topological polar surface area (TPSA) is 60.0 Å². The second kappa shape index (κ2) is 5.33. The molecule has 2 N–H and O–H groups in total. The van der Waals surface area contributed by atoms with Gasteiger partial charge in [-0.3, -0.25) is 4.90 Å². The number of hydrogen-bond donors (Lipinski definition) is 1. The monoisotopic (exact) mass is 259 g/mol. The molecule has 0 aliphatic carbocycles. The lowest BCUT2D eigenvalue weighted by atomic mass is 10.1. The van der Waals surface area contributed by atoms with Crippen molar-refractivity contribution in [2.45, 2.75) is 45.3 Å². The lowest BCUT2D eigenvalue weighted by molar-refractivity contribution is 0.322. The molecule has 0 bridgehead atoms. The van der Waals surface area contributed by atoms with Crippen molar-refractivity contribution in [3.63, 3.8) is 0 Å². The molecule has 2 rings (SSSR count). The Morgan fingerprint density at radius 1 is 1.47 bits per heavy atom. The van der Waals surface area contributed by atoms with E-state index in [1.165, 1.54) is 0 Å². The average Bonchev–Trinajstić information content (AvgIpc) is 2.74. The second-order valence-corrected chi connectivity index (χ2v) is 5.61. The first-order chi connectivity index (χ1) is 7.45. The molecule has 0 amide bonds. The van der Waals surface area contributed by atoms with Gasteiger partial charge in [-0.05, 0) is 27.2 Å². The molecular formula is C11H22ClN5. The predicted octanol–water partition coefficient (Wildman–Crippen LogP) is 0.988. The standard InChI is InChI=1S/C11H21N5.ClH/c1-11(2,3)16-8-10(13-14-16)7-15-5-4-9(12)6-15;/h8-9H,4-7,12H2,1-3H3;1H/t9-;/m1./s1. The van der Waals surface area contributed by atoms with E-state index in [0.29, 0.717) is 6.04 Å². The van der Waals surface area contributed by atoms with Crippen LogP contribution in [0.2, 0.25) is 0 Å². The maximum Gasteiger partial charge on any atom is 0.0967 e. The van der Waals surface area contributed by atoms with Crippen molar-refractivity contribution in [2.75, 3.05) is 13.1 Å². The number of nitrogens with zero attached hydrogens (tertiary/aromatic N) is 4. The minimum Gasteiger partial charge on any atom is -0.326 e. The van der Waals surface area contributed by atoms with Crippen LogP contribution in [-0.2, 0) is 12.1 Å². The molecule has 1 aliphatic heterocycles. The van der Waals surface area contributed by atoms with Gasteiger partial charge in [0.2, 0.25) is 0 Å². The van der Waals surface area contributed by atoms with Crippen LogP contribution >= 0.6 is 12.4 Å². The molecule has 6 heteroatoms. The SMILES string of the molecule is CC(C)(C)n1cc(CN2CC[C@@H](N)C2)nn1.Cl. The minimum atomic E-state index is 0. The molecule has 0 spiro atoms. The minimum absolute atomic E-state index is 0. The van der Waals surface area contributed by atoms with Crippen molar-refractivity contribution >= 4 is 12.4 Å². The summed E-state index contributed by atoms with van der Waals surface area (Å²) in [6.45, 7) is 9.28. The normalized spacial score (nSPS) is 21.5. The van der Waals surface area contributed by atoms with E-state index in [2.05, 4.69) is 36.0 Å². The highest BCUT2D eigenvalue weighted by Crippen LogP contribution is 2.14. The summed E-state index contributed by atoms with van der Waals surface area (Å²) in [5.41, 5.74) is 6.91. The number of hydrogen-bond acceptors (Lipinski definition) is 4. The zero-order valence-electron chi connectivity index (χ0n) is 10.8. The van der Waals surface area contributed by atoms with Gasteiger partial charge in [0.05, 0.1) is 17.4 Å². The molecule has 1 atom stereocenters. The van der Waals surface area contributed by atoms with Gasteiger partial charge in [-0.1, -0.05) is 5.21 Å². The van der Waals surface area contributed by atoms with Crippen LogP contribution in [0, 0.1) is 0 Å². The third-order valence-electron chi connectivity index (χ3n) is 2.92. The van der Waals surface area contributed by atoms with Gasteiger partial charge in [0.1, 0.15) is 0 Å². The van der Waals surface area contributed by atoms with E-state index < -0.39 is 0 Å². The molecule has 1 aliphatic rings. The Balaban J connectivity index is 0.00000144. The molecule has 98 valence electrons. The Morgan fingerprint density at radius 2 is 2.18 bits per heavy atom. The van der Waals surface area contributed by atoms with Crippen LogP contribution < -0.4 is 5.73 Å². The molecule has 2 heterocycles. The van der Waals surface area contributed by atoms with Crippen LogP contribution in [0.1, 0.15) is 32.9 Å². The summed E-state index contributed by atoms with van der Waals surface area (Å²) in [5.74, 6) is 0. The zero-order chi connectivity index (χ0) is 11.8. The van der Waals surface area contributed by atoms with E-state index in [1.807, 2.05) is 10.9 Å². The number of nitrogens with two attached hydrogens (primary N) is 1. The van der Waals surface area contributed by atoms with Gasteiger partial charge in [-0.25, -0.2) is 4.68 Å². The molecule has 1 saturated heterocycles. The summed E-state index contributed by atoms with van der Waals surface area (Å²) >= 11 is 0. The van der Waals surface area contributed by atoms with E-state index in [4.69, 9.17) is 5.73 Å². The Morgan fingerprint density at radius 3 is 2.65 bits per heavy atom. The van der Waals surface area contributed by atoms with Gasteiger partial charge in [-0.2, -0.15) is 0 Å². The Labute approximate surface area is 109 Å². The van der Waals surface area contributed by atoms with Gasteiger partial charge in [0.15, 0.2) is 0 Å². The highest BCUT2D eigenvalue weighted by Gasteiger charge is 2.21. The van der Waals surface area contributed by atoms with Gasteiger partial charge in [0, 0.05) is 25.7 Å². The number of rotatable bonds is 2. The van der Waals surface area contributed by atoms with Crippen molar-refractivity contribution in [3.8, 4) is 0 Å². The molecule has 1 aromatic heterocycles. The molecule has 0 aromatic carbocycles. The van der Waals surface area contributed by atoms with E-state index in [1.54, 1.807) is 0 Å². The van der Waals surface area contributed by atoms with Gasteiger partial charge in [0.25, 0.3) is 0 Å². The average molecular weight is 260 g/mol. The maximum atomic E-state index is 5.87. The third-order valence-corrected chi connectivity index (χ3v) is 2.92. The largest absolute Gasteiger partial charge is 0.326 e. The fraction of sp³-hybridized carbons (Fsp3) is 0.818. The summed E-state index contributed by atoms with van der Waals surface area (Å²) in [6.07, 6.45) is 3.12. The first-order valence-corrected chi connectivity index (χ1v) is 5.85. The first kappa shape index (κ1) is 14.4. The van der Waals surface area contributed by atoms with E-state index >= 15 is 0 Å². The van der Waals surface area contributed by atoms with Crippen molar-refractivity contribution in [3.05, 3.63) is 11.9 Å². The Hall–Kier alpha value is -0.650. The van der Waals surface area contributed by atoms with Crippen LogP contribution in [-0.4, -0.2) is 39.0 Å². The maximum absolute atomic E-state index is 5.87. The molecule has 0 radical (unpaired) electrons. The van der Waals surface area contributed by atoms with Crippen molar-refractivity contribution in [1.82, 2.24) is 19.9 Å². The van der Waals surface area contributed by atoms with Crippen LogP contribution in [0.4, 0.5) is 0 Å². The Kier molecular flexibility index (Phi) is 4.52. The molecule has 5 nitrogen and oxygen atoms in total. The van der Waals surface area contributed by atoms with Gasteiger partial charge in [-0.15, -0.1) is 17.5 Å². The van der Waals surface area contributed by atoms with Crippen molar-refractivity contribution < 1.29 is 0 Å². The van der Waals surface area contributed by atoms with Crippen LogP contribution in [0.5, 0.6) is 0 Å². The molecule has 0 saturated carbocycles. The molecular weight excluding hydrogens is 238 g/mol. The van der Waals surface area contributed by atoms with E-state index in [0.717, 1.165) is 31.7 Å². The van der Waals surface area contributed by atoms with Crippen LogP contribution in [0.25, 0.3) is 0 Å². The van der Waals surface area contributed by atoms with Crippen LogP contribution in [0.15, 0.2) is 6.20 Å². The number of likely N-dealkylation sites (tertiary alicyclic amines) is 1. The van der Waals surface area contributed by atoms with Gasteiger partial charge < -0.3 is 5.73 Å². The van der Waals surface area contributed by atoms with E-state index in [9.17, 15) is 0 Å². The summed E-state index contributed by atoms with van der Waals surface area (Å²) in [4.78, 5) is 2.34. The number of aromatic nitrogens is 3. The molecule has 1 fully saturated rings. The lowest BCUT2D eigenvalue weighted by Crippen LogP contribution is -2.26. The summed E-state index contributed by atoms with van der Waals surface area (Å²) in [5, 5.41) is 8.36. The lowest BCUT2D eigenvalue weighted by Gasteiger charge is -2.17. The quantitative estimate of drug-likeness (QED) is 0.861. The molecule has 17 heavy (non-hydrogen) atoms. The zero-order valence-corrected chi connectivity index (χ0v) is 11.6. The smallest absolute Gasteiger partial charge is 0.0967 e. The number of halogens is 1. The fourth-order valence-corrected chi connectivity index (χ4v) is 1.93. The highest BCUT2D eigenvalue weighted by molar-refractivity contribution is 5.85.